The fourth-order valence-electron chi connectivity index (χ4n) is 3.98. The fourth-order valence-corrected chi connectivity index (χ4v) is 3.98. The van der Waals surface area contributed by atoms with Gasteiger partial charge in [0.05, 0.1) is 39.2 Å². The van der Waals surface area contributed by atoms with Crippen molar-refractivity contribution in [2.24, 2.45) is 0 Å². The molecule has 1 aromatic heterocycles. The molecule has 2 heterocycles. The fraction of sp³-hybridized carbons (Fsp3) is 0.200. The summed E-state index contributed by atoms with van der Waals surface area (Å²) in [7, 11) is 4.44. The quantitative estimate of drug-likeness (QED) is 0.517. The van der Waals surface area contributed by atoms with Crippen LogP contribution in [0.2, 0.25) is 0 Å². The zero-order chi connectivity index (χ0) is 23.5. The molecule has 0 saturated heterocycles. The molecule has 1 amide bonds. The highest BCUT2D eigenvalue weighted by atomic mass is 16.5. The number of carbonyl (C=O) groups excluding carboxylic acids is 2. The molecule has 0 saturated carbocycles. The van der Waals surface area contributed by atoms with Crippen LogP contribution in [0.25, 0.3) is 0 Å². The lowest BCUT2D eigenvalue weighted by molar-refractivity contribution is -0.130. The Morgan fingerprint density at radius 1 is 1.00 bits per heavy atom. The summed E-state index contributed by atoms with van der Waals surface area (Å²) in [5.41, 5.74) is 1.26. The number of aliphatic hydroxyl groups is 1. The molecule has 0 unspecified atom stereocenters. The van der Waals surface area contributed by atoms with Gasteiger partial charge in [-0.25, -0.2) is 0 Å². The number of hydrogen-bond donors (Lipinski definition) is 1. The average Bonchev–Trinajstić information content (AvgIpc) is 3.47. The molecule has 4 rings (SSSR count). The third-order valence-electron chi connectivity index (χ3n) is 5.49. The standard InChI is InChI=1S/C25H23NO7/c1-30-18-12-16(13-19(31-2)24(18)32-3)21-20(22(27)17-10-7-11-33-17)23(28)25(29)26(21)14-15-8-5-4-6-9-15/h4-13,21,28H,14H2,1-3H3/t21-/m0/s1. The Hall–Kier alpha value is -4.20. The van der Waals surface area contributed by atoms with E-state index in [0.717, 1.165) is 5.56 Å². The first kappa shape index (κ1) is 22.0. The molecule has 1 atom stereocenters. The second-order valence-electron chi connectivity index (χ2n) is 7.35. The predicted molar refractivity (Wildman–Crippen MR) is 119 cm³/mol. The van der Waals surface area contributed by atoms with E-state index in [1.165, 1.54) is 38.6 Å². The maximum Gasteiger partial charge on any atom is 0.290 e. The number of ether oxygens (including phenoxy) is 3. The molecule has 1 N–H and O–H groups in total. The summed E-state index contributed by atoms with van der Waals surface area (Å²) in [5.74, 6) is -0.762. The van der Waals surface area contributed by atoms with Gasteiger partial charge in [-0.15, -0.1) is 0 Å². The van der Waals surface area contributed by atoms with E-state index in [0.29, 0.717) is 22.8 Å². The van der Waals surface area contributed by atoms with E-state index in [9.17, 15) is 14.7 Å². The van der Waals surface area contributed by atoms with Gasteiger partial charge in [0.15, 0.2) is 23.0 Å². The van der Waals surface area contributed by atoms with E-state index in [1.54, 1.807) is 18.2 Å². The van der Waals surface area contributed by atoms with Crippen LogP contribution in [0, 0.1) is 0 Å². The van der Waals surface area contributed by atoms with E-state index >= 15 is 0 Å². The van der Waals surface area contributed by atoms with Crippen molar-refractivity contribution >= 4 is 11.7 Å². The number of nitrogens with zero attached hydrogens (tertiary/aromatic N) is 1. The number of methoxy groups -OCH3 is 3. The number of furan rings is 1. The van der Waals surface area contributed by atoms with Crippen LogP contribution in [-0.4, -0.2) is 43.0 Å². The highest BCUT2D eigenvalue weighted by Crippen LogP contribution is 2.46. The number of amides is 1. The van der Waals surface area contributed by atoms with E-state index in [2.05, 4.69) is 0 Å². The van der Waals surface area contributed by atoms with Gasteiger partial charge < -0.3 is 28.6 Å². The molecule has 0 spiro atoms. The van der Waals surface area contributed by atoms with Crippen LogP contribution in [0.4, 0.5) is 0 Å². The molecule has 170 valence electrons. The Morgan fingerprint density at radius 3 is 2.21 bits per heavy atom. The Labute approximate surface area is 190 Å². The van der Waals surface area contributed by atoms with Crippen molar-refractivity contribution in [3.05, 3.63) is 89.1 Å². The third kappa shape index (κ3) is 3.91. The molecule has 0 aliphatic carbocycles. The first-order valence-electron chi connectivity index (χ1n) is 10.2. The third-order valence-corrected chi connectivity index (χ3v) is 5.49. The molecule has 1 aliphatic rings. The normalized spacial score (nSPS) is 15.7. The number of Topliss-reactive ketones (excluding diaryl/α,β-unsaturated/α-hetero) is 1. The highest BCUT2D eigenvalue weighted by Gasteiger charge is 2.45. The molecule has 0 bridgehead atoms. The molecule has 0 fully saturated rings. The first-order chi connectivity index (χ1) is 16.0. The smallest absolute Gasteiger partial charge is 0.290 e. The lowest BCUT2D eigenvalue weighted by Gasteiger charge is -2.28. The van der Waals surface area contributed by atoms with Crippen LogP contribution in [0.3, 0.4) is 0 Å². The SMILES string of the molecule is COc1cc([C@H]2C(C(=O)c3ccco3)=C(O)C(=O)N2Cc2ccccc2)cc(OC)c1OC. The van der Waals surface area contributed by atoms with Crippen molar-refractivity contribution < 1.29 is 33.3 Å². The van der Waals surface area contributed by atoms with Crippen LogP contribution >= 0.6 is 0 Å². The number of carbonyl (C=O) groups is 2. The van der Waals surface area contributed by atoms with E-state index in [4.69, 9.17) is 18.6 Å². The Balaban J connectivity index is 1.88. The molecule has 8 nitrogen and oxygen atoms in total. The minimum Gasteiger partial charge on any atom is -0.503 e. The summed E-state index contributed by atoms with van der Waals surface area (Å²) in [5, 5.41) is 10.8. The second-order valence-corrected chi connectivity index (χ2v) is 7.35. The van der Waals surface area contributed by atoms with Gasteiger partial charge in [-0.1, -0.05) is 30.3 Å². The zero-order valence-electron chi connectivity index (χ0n) is 18.4. The molecule has 33 heavy (non-hydrogen) atoms. The van der Waals surface area contributed by atoms with Gasteiger partial charge in [0.2, 0.25) is 11.5 Å². The molecule has 1 aliphatic heterocycles. The van der Waals surface area contributed by atoms with Crippen molar-refractivity contribution in [1.29, 1.82) is 0 Å². The summed E-state index contributed by atoms with van der Waals surface area (Å²) in [4.78, 5) is 27.9. The maximum absolute atomic E-state index is 13.3. The Bertz CT molecular complexity index is 1170. The van der Waals surface area contributed by atoms with Crippen LogP contribution in [0.1, 0.15) is 27.7 Å². The minimum atomic E-state index is -0.913. The van der Waals surface area contributed by atoms with Gasteiger partial charge in [-0.3, -0.25) is 9.59 Å². The number of rotatable bonds is 8. The molecule has 2 aromatic carbocycles. The summed E-state index contributed by atoms with van der Waals surface area (Å²) in [6, 6.07) is 14.8. The molecular weight excluding hydrogens is 426 g/mol. The van der Waals surface area contributed by atoms with Crippen LogP contribution in [0.5, 0.6) is 17.2 Å². The number of hydrogen-bond acceptors (Lipinski definition) is 7. The topological polar surface area (TPSA) is 98.4 Å². The Kier molecular flexibility index (Phi) is 6.08. The van der Waals surface area contributed by atoms with E-state index < -0.39 is 23.5 Å². The van der Waals surface area contributed by atoms with Crippen molar-refractivity contribution in [3.63, 3.8) is 0 Å². The molecule has 0 radical (unpaired) electrons. The predicted octanol–water partition coefficient (Wildman–Crippen LogP) is 4.08. The van der Waals surface area contributed by atoms with Crippen molar-refractivity contribution in [2.75, 3.05) is 21.3 Å². The minimum absolute atomic E-state index is 0.0170. The molecule has 8 heteroatoms. The lowest BCUT2D eigenvalue weighted by Crippen LogP contribution is -2.30. The summed E-state index contributed by atoms with van der Waals surface area (Å²) < 4.78 is 21.6. The van der Waals surface area contributed by atoms with Gasteiger partial charge in [-0.2, -0.15) is 0 Å². The van der Waals surface area contributed by atoms with Crippen molar-refractivity contribution in [3.8, 4) is 17.2 Å². The average molecular weight is 449 g/mol. The monoisotopic (exact) mass is 449 g/mol. The molecule has 3 aromatic rings. The number of benzene rings is 2. The summed E-state index contributed by atoms with van der Waals surface area (Å²) in [6.07, 6.45) is 1.36. The summed E-state index contributed by atoms with van der Waals surface area (Å²) >= 11 is 0. The lowest BCUT2D eigenvalue weighted by atomic mass is 9.94. The van der Waals surface area contributed by atoms with Gasteiger partial charge >= 0.3 is 0 Å². The van der Waals surface area contributed by atoms with Gasteiger partial charge in [-0.05, 0) is 35.4 Å². The van der Waals surface area contributed by atoms with Crippen LogP contribution < -0.4 is 14.2 Å². The van der Waals surface area contributed by atoms with Gasteiger partial charge in [0.1, 0.15) is 0 Å². The first-order valence-corrected chi connectivity index (χ1v) is 10.2. The van der Waals surface area contributed by atoms with Gasteiger partial charge in [0, 0.05) is 6.54 Å². The maximum atomic E-state index is 13.3. The highest BCUT2D eigenvalue weighted by molar-refractivity contribution is 6.15. The molecular formula is C25H23NO7. The van der Waals surface area contributed by atoms with Crippen molar-refractivity contribution in [2.45, 2.75) is 12.6 Å². The van der Waals surface area contributed by atoms with Crippen LogP contribution in [-0.2, 0) is 11.3 Å². The largest absolute Gasteiger partial charge is 0.503 e. The number of aliphatic hydroxyl groups excluding tert-OH is 1. The second kappa shape index (κ2) is 9.12. The van der Waals surface area contributed by atoms with Gasteiger partial charge in [0.25, 0.3) is 5.91 Å². The summed E-state index contributed by atoms with van der Waals surface area (Å²) in [6.45, 7) is 0.167. The number of ketones is 1. The van der Waals surface area contributed by atoms with Crippen molar-refractivity contribution in [1.82, 2.24) is 4.90 Å². The van der Waals surface area contributed by atoms with E-state index in [1.807, 2.05) is 30.3 Å². The van der Waals surface area contributed by atoms with E-state index in [-0.39, 0.29) is 17.9 Å². The van der Waals surface area contributed by atoms with Crippen LogP contribution in [0.15, 0.2) is 76.6 Å². The Morgan fingerprint density at radius 2 is 1.67 bits per heavy atom. The zero-order valence-corrected chi connectivity index (χ0v) is 18.4.